The highest BCUT2D eigenvalue weighted by molar-refractivity contribution is 6.00. The standard InChI is InChI=1S/C14H16N2O2/c1-7-9(3)15-5-11(7)14-12(6-17)8(2)13(16-14)10(4)18/h5-6,15-16H,1-4H3. The number of aldehydes is 1. The molecule has 18 heavy (non-hydrogen) atoms. The highest BCUT2D eigenvalue weighted by Gasteiger charge is 2.19. The Hall–Kier alpha value is -2.10. The molecule has 0 spiro atoms. The monoisotopic (exact) mass is 244 g/mol. The van der Waals surface area contributed by atoms with Gasteiger partial charge in [-0.05, 0) is 31.9 Å². The number of carbonyl (C=O) groups is 2. The molecule has 0 aliphatic heterocycles. The molecule has 4 nitrogen and oxygen atoms in total. The molecule has 0 bridgehead atoms. The van der Waals surface area contributed by atoms with Crippen LogP contribution in [0.4, 0.5) is 0 Å². The van der Waals surface area contributed by atoms with E-state index in [1.165, 1.54) is 6.92 Å². The molecule has 0 unspecified atom stereocenters. The van der Waals surface area contributed by atoms with Gasteiger partial charge >= 0.3 is 0 Å². The summed E-state index contributed by atoms with van der Waals surface area (Å²) >= 11 is 0. The first-order chi connectivity index (χ1) is 8.47. The van der Waals surface area contributed by atoms with Crippen LogP contribution in [-0.4, -0.2) is 22.0 Å². The molecule has 0 radical (unpaired) electrons. The van der Waals surface area contributed by atoms with E-state index in [0.29, 0.717) is 16.8 Å². The lowest BCUT2D eigenvalue weighted by molar-refractivity contribution is 0.101. The molecule has 4 heteroatoms. The predicted octanol–water partition coefficient (Wildman–Crippen LogP) is 2.95. The number of hydrogen-bond acceptors (Lipinski definition) is 2. The van der Waals surface area contributed by atoms with Gasteiger partial charge in [0, 0.05) is 29.9 Å². The van der Waals surface area contributed by atoms with Crippen LogP contribution >= 0.6 is 0 Å². The molecule has 0 amide bonds. The Balaban J connectivity index is 2.72. The maximum atomic E-state index is 11.5. The van der Waals surface area contributed by atoms with Gasteiger partial charge in [0.2, 0.25) is 0 Å². The van der Waals surface area contributed by atoms with Crippen molar-refractivity contribution in [1.82, 2.24) is 9.97 Å². The normalized spacial score (nSPS) is 10.7. The number of H-pyrrole nitrogens is 2. The van der Waals surface area contributed by atoms with Crippen LogP contribution in [0.25, 0.3) is 11.3 Å². The molecule has 0 aromatic carbocycles. The van der Waals surface area contributed by atoms with Crippen molar-refractivity contribution in [2.24, 2.45) is 0 Å². The molecular weight excluding hydrogens is 228 g/mol. The van der Waals surface area contributed by atoms with E-state index in [0.717, 1.165) is 28.8 Å². The Morgan fingerprint density at radius 1 is 1.22 bits per heavy atom. The van der Waals surface area contributed by atoms with Gasteiger partial charge in [-0.2, -0.15) is 0 Å². The highest BCUT2D eigenvalue weighted by Crippen LogP contribution is 2.30. The quantitative estimate of drug-likeness (QED) is 0.644. The molecule has 2 aromatic rings. The van der Waals surface area contributed by atoms with Crippen molar-refractivity contribution >= 4 is 12.1 Å². The number of ketones is 1. The van der Waals surface area contributed by atoms with Crippen LogP contribution < -0.4 is 0 Å². The summed E-state index contributed by atoms with van der Waals surface area (Å²) < 4.78 is 0. The molecule has 2 rings (SSSR count). The van der Waals surface area contributed by atoms with Crippen LogP contribution in [0.2, 0.25) is 0 Å². The van der Waals surface area contributed by atoms with Crippen molar-refractivity contribution in [3.05, 3.63) is 34.3 Å². The topological polar surface area (TPSA) is 65.7 Å². The van der Waals surface area contributed by atoms with Gasteiger partial charge in [0.1, 0.15) is 0 Å². The maximum absolute atomic E-state index is 11.5. The second-order valence-corrected chi connectivity index (χ2v) is 4.54. The number of nitrogens with one attached hydrogen (secondary N) is 2. The molecule has 2 heterocycles. The van der Waals surface area contributed by atoms with Gasteiger partial charge < -0.3 is 9.97 Å². The fraction of sp³-hybridized carbons (Fsp3) is 0.286. The first-order valence-corrected chi connectivity index (χ1v) is 5.81. The van der Waals surface area contributed by atoms with Gasteiger partial charge in [0.25, 0.3) is 0 Å². The second-order valence-electron chi connectivity index (χ2n) is 4.54. The van der Waals surface area contributed by atoms with Crippen molar-refractivity contribution in [3.63, 3.8) is 0 Å². The van der Waals surface area contributed by atoms with E-state index < -0.39 is 0 Å². The van der Waals surface area contributed by atoms with Gasteiger partial charge in [0.05, 0.1) is 11.4 Å². The molecule has 2 aromatic heterocycles. The number of carbonyl (C=O) groups excluding carboxylic acids is 2. The summed E-state index contributed by atoms with van der Waals surface area (Å²) in [5, 5.41) is 0. The van der Waals surface area contributed by atoms with Crippen molar-refractivity contribution in [3.8, 4) is 11.3 Å². The largest absolute Gasteiger partial charge is 0.364 e. The molecular formula is C14H16N2O2. The first-order valence-electron chi connectivity index (χ1n) is 5.81. The molecule has 0 aliphatic rings. The Morgan fingerprint density at radius 3 is 2.33 bits per heavy atom. The molecule has 0 saturated heterocycles. The fourth-order valence-corrected chi connectivity index (χ4v) is 2.18. The SMILES string of the molecule is CC(=O)c1[nH]c(-c2c[nH]c(C)c2C)c(C=O)c1C. The van der Waals surface area contributed by atoms with Crippen LogP contribution in [-0.2, 0) is 0 Å². The van der Waals surface area contributed by atoms with Crippen molar-refractivity contribution in [2.75, 3.05) is 0 Å². The van der Waals surface area contributed by atoms with E-state index in [9.17, 15) is 9.59 Å². The Morgan fingerprint density at radius 2 is 1.89 bits per heavy atom. The Bertz CT molecular complexity index is 633. The van der Waals surface area contributed by atoms with Gasteiger partial charge in [-0.1, -0.05) is 0 Å². The van der Waals surface area contributed by atoms with Crippen molar-refractivity contribution in [1.29, 1.82) is 0 Å². The van der Waals surface area contributed by atoms with Gasteiger partial charge in [-0.25, -0.2) is 0 Å². The molecule has 0 fully saturated rings. The zero-order valence-corrected chi connectivity index (χ0v) is 11.0. The van der Waals surface area contributed by atoms with Crippen LogP contribution in [0, 0.1) is 20.8 Å². The second kappa shape index (κ2) is 4.29. The predicted molar refractivity (Wildman–Crippen MR) is 70.2 cm³/mol. The highest BCUT2D eigenvalue weighted by atomic mass is 16.1. The fourth-order valence-electron chi connectivity index (χ4n) is 2.18. The summed E-state index contributed by atoms with van der Waals surface area (Å²) in [5.74, 6) is -0.0632. The van der Waals surface area contributed by atoms with E-state index in [1.54, 1.807) is 6.92 Å². The van der Waals surface area contributed by atoms with Crippen molar-refractivity contribution in [2.45, 2.75) is 27.7 Å². The van der Waals surface area contributed by atoms with Gasteiger partial charge in [-0.15, -0.1) is 0 Å². The number of hydrogen-bond donors (Lipinski definition) is 2. The third-order valence-electron chi connectivity index (χ3n) is 3.44. The first kappa shape index (κ1) is 12.4. The van der Waals surface area contributed by atoms with E-state index >= 15 is 0 Å². The molecule has 0 aliphatic carbocycles. The molecule has 0 atom stereocenters. The zero-order valence-electron chi connectivity index (χ0n) is 11.0. The zero-order chi connectivity index (χ0) is 13.4. The van der Waals surface area contributed by atoms with E-state index in [4.69, 9.17) is 0 Å². The summed E-state index contributed by atoms with van der Waals surface area (Å²) in [6, 6.07) is 0. The number of aromatic nitrogens is 2. The minimum absolute atomic E-state index is 0.0632. The molecule has 94 valence electrons. The van der Waals surface area contributed by atoms with E-state index in [2.05, 4.69) is 9.97 Å². The number of aryl methyl sites for hydroxylation is 1. The lowest BCUT2D eigenvalue weighted by atomic mass is 10.0. The summed E-state index contributed by atoms with van der Waals surface area (Å²) in [6.07, 6.45) is 2.65. The lowest BCUT2D eigenvalue weighted by Crippen LogP contribution is -1.94. The third kappa shape index (κ3) is 1.70. The lowest BCUT2D eigenvalue weighted by Gasteiger charge is -1.99. The summed E-state index contributed by atoms with van der Waals surface area (Å²) in [5.41, 5.74) is 5.56. The van der Waals surface area contributed by atoms with Gasteiger partial charge in [0.15, 0.2) is 12.1 Å². The van der Waals surface area contributed by atoms with Crippen LogP contribution in [0.5, 0.6) is 0 Å². The minimum atomic E-state index is -0.0632. The average molecular weight is 244 g/mol. The summed E-state index contributed by atoms with van der Waals surface area (Å²) in [6.45, 7) is 7.24. The third-order valence-corrected chi connectivity index (χ3v) is 3.44. The van der Waals surface area contributed by atoms with E-state index in [1.807, 2.05) is 20.0 Å². The minimum Gasteiger partial charge on any atom is -0.364 e. The van der Waals surface area contributed by atoms with Crippen molar-refractivity contribution < 1.29 is 9.59 Å². The summed E-state index contributed by atoms with van der Waals surface area (Å²) in [4.78, 5) is 28.9. The Kier molecular flexibility index (Phi) is 2.95. The Labute approximate surface area is 105 Å². The van der Waals surface area contributed by atoms with Crippen LogP contribution in [0.3, 0.4) is 0 Å². The number of Topliss-reactive ketones (excluding diaryl/α,β-unsaturated/α-hetero) is 1. The number of aromatic amines is 2. The molecule has 0 saturated carbocycles. The molecule has 2 N–H and O–H groups in total. The van der Waals surface area contributed by atoms with Crippen LogP contribution in [0.15, 0.2) is 6.20 Å². The smallest absolute Gasteiger partial charge is 0.176 e. The maximum Gasteiger partial charge on any atom is 0.176 e. The van der Waals surface area contributed by atoms with Gasteiger partial charge in [-0.3, -0.25) is 9.59 Å². The van der Waals surface area contributed by atoms with Crippen LogP contribution in [0.1, 0.15) is 44.6 Å². The average Bonchev–Trinajstić information content (AvgIpc) is 2.81. The number of rotatable bonds is 3. The summed E-state index contributed by atoms with van der Waals surface area (Å²) in [7, 11) is 0. The van der Waals surface area contributed by atoms with E-state index in [-0.39, 0.29) is 5.78 Å².